The number of benzene rings is 1. The zero-order chi connectivity index (χ0) is 23.9. The van der Waals surface area contributed by atoms with Crippen molar-refractivity contribution in [2.75, 3.05) is 18.0 Å². The fourth-order valence-electron chi connectivity index (χ4n) is 4.77. The summed E-state index contributed by atoms with van der Waals surface area (Å²) in [5.41, 5.74) is 1.49. The number of nitrogens with one attached hydrogen (secondary N) is 1. The smallest absolute Gasteiger partial charge is 0.408 e. The van der Waals surface area contributed by atoms with Gasteiger partial charge in [0.25, 0.3) is 0 Å². The lowest BCUT2D eigenvalue weighted by atomic mass is 9.94. The van der Waals surface area contributed by atoms with Crippen LogP contribution in [0.1, 0.15) is 62.8 Å². The summed E-state index contributed by atoms with van der Waals surface area (Å²) in [5, 5.41) is 12.8. The molecule has 3 aromatic rings. The Morgan fingerprint density at radius 3 is 2.59 bits per heavy atom. The summed E-state index contributed by atoms with van der Waals surface area (Å²) < 4.78 is 7.61. The van der Waals surface area contributed by atoms with Crippen LogP contribution >= 0.6 is 11.6 Å². The molecule has 1 saturated heterocycles. The lowest BCUT2D eigenvalue weighted by Gasteiger charge is -2.33. The van der Waals surface area contributed by atoms with Crippen LogP contribution in [0, 0.1) is 0 Å². The second-order valence-electron chi connectivity index (χ2n) is 9.88. The van der Waals surface area contributed by atoms with E-state index in [1.807, 2.05) is 63.4 Å². The Morgan fingerprint density at radius 1 is 1.12 bits per heavy atom. The third-order valence-corrected chi connectivity index (χ3v) is 6.49. The molecule has 2 aliphatic rings. The van der Waals surface area contributed by atoms with Gasteiger partial charge in [0.1, 0.15) is 17.2 Å². The Balaban J connectivity index is 1.42. The molecule has 0 saturated carbocycles. The number of fused-ring (bicyclic) bond motifs is 3. The highest BCUT2D eigenvalue weighted by Crippen LogP contribution is 2.37. The first-order valence-electron chi connectivity index (χ1n) is 11.7. The normalized spacial score (nSPS) is 18.2. The molecule has 1 fully saturated rings. The van der Waals surface area contributed by atoms with Crippen LogP contribution < -0.4 is 10.2 Å². The maximum atomic E-state index is 12.6. The van der Waals surface area contributed by atoms with Crippen LogP contribution in [0.25, 0.3) is 5.69 Å². The second-order valence-corrected chi connectivity index (χ2v) is 10.3. The first kappa shape index (κ1) is 22.7. The minimum absolute atomic E-state index is 0.255. The lowest BCUT2D eigenvalue weighted by molar-refractivity contribution is 0.0499. The number of aromatic nitrogens is 4. The van der Waals surface area contributed by atoms with Crippen LogP contribution in [0.15, 0.2) is 42.6 Å². The summed E-state index contributed by atoms with van der Waals surface area (Å²) in [6, 6.07) is 11.5. The molecule has 0 spiro atoms. The highest BCUT2D eigenvalue weighted by molar-refractivity contribution is 6.30. The van der Waals surface area contributed by atoms with Gasteiger partial charge in [0, 0.05) is 36.6 Å². The van der Waals surface area contributed by atoms with E-state index in [2.05, 4.69) is 30.0 Å². The summed E-state index contributed by atoms with van der Waals surface area (Å²) in [4.78, 5) is 19.4. The molecular weight excluding hydrogens is 452 g/mol. The van der Waals surface area contributed by atoms with E-state index >= 15 is 0 Å². The molecule has 34 heavy (non-hydrogen) atoms. The zero-order valence-corrected chi connectivity index (χ0v) is 20.4. The summed E-state index contributed by atoms with van der Waals surface area (Å²) in [7, 11) is 0. The Kier molecular flexibility index (Phi) is 5.93. The van der Waals surface area contributed by atoms with Gasteiger partial charge >= 0.3 is 6.09 Å². The highest BCUT2D eigenvalue weighted by Gasteiger charge is 2.35. The minimum Gasteiger partial charge on any atom is -0.444 e. The molecule has 8 nitrogen and oxygen atoms in total. The van der Waals surface area contributed by atoms with E-state index in [0.29, 0.717) is 11.4 Å². The summed E-state index contributed by atoms with van der Waals surface area (Å²) >= 11 is 6.32. The quantitative estimate of drug-likeness (QED) is 0.578. The Hall–Kier alpha value is -3.13. The summed E-state index contributed by atoms with van der Waals surface area (Å²) in [6.45, 7) is 7.34. The van der Waals surface area contributed by atoms with Crippen LogP contribution in [-0.4, -0.2) is 44.5 Å². The van der Waals surface area contributed by atoms with E-state index in [4.69, 9.17) is 16.3 Å². The van der Waals surface area contributed by atoms with E-state index in [1.54, 1.807) is 0 Å². The number of carbonyl (C=O) groups excluding carboxylic acids is 1. The van der Waals surface area contributed by atoms with Crippen molar-refractivity contribution in [2.24, 2.45) is 0 Å². The van der Waals surface area contributed by atoms with Gasteiger partial charge in [0.05, 0.1) is 11.7 Å². The molecule has 1 unspecified atom stereocenters. The molecule has 178 valence electrons. The van der Waals surface area contributed by atoms with Crippen molar-refractivity contribution in [3.63, 3.8) is 0 Å². The third-order valence-electron chi connectivity index (χ3n) is 6.26. The molecule has 1 aromatic carbocycles. The molecule has 0 radical (unpaired) electrons. The first-order valence-corrected chi connectivity index (χ1v) is 12.1. The summed E-state index contributed by atoms with van der Waals surface area (Å²) in [5.74, 6) is 2.91. The zero-order valence-electron chi connectivity index (χ0n) is 19.7. The molecule has 1 amide bonds. The van der Waals surface area contributed by atoms with Gasteiger partial charge in [-0.25, -0.2) is 9.78 Å². The molecule has 2 aliphatic heterocycles. The average molecular weight is 481 g/mol. The van der Waals surface area contributed by atoms with E-state index in [-0.39, 0.29) is 12.0 Å². The second kappa shape index (κ2) is 8.91. The monoisotopic (exact) mass is 480 g/mol. The van der Waals surface area contributed by atoms with Crippen molar-refractivity contribution in [3.05, 3.63) is 64.8 Å². The number of nitrogens with zero attached hydrogens (tertiary/aromatic N) is 5. The van der Waals surface area contributed by atoms with E-state index < -0.39 is 11.7 Å². The van der Waals surface area contributed by atoms with Gasteiger partial charge in [-0.2, -0.15) is 0 Å². The van der Waals surface area contributed by atoms with E-state index in [1.165, 1.54) is 0 Å². The Morgan fingerprint density at radius 2 is 1.88 bits per heavy atom. The molecule has 4 heterocycles. The average Bonchev–Trinajstić information content (AvgIpc) is 3.24. The molecule has 0 aliphatic carbocycles. The maximum absolute atomic E-state index is 12.6. The van der Waals surface area contributed by atoms with Crippen LogP contribution in [0.3, 0.4) is 0 Å². The number of rotatable bonds is 3. The minimum atomic E-state index is -0.583. The molecule has 0 bridgehead atoms. The number of carbonyl (C=O) groups is 1. The van der Waals surface area contributed by atoms with E-state index in [9.17, 15) is 4.79 Å². The van der Waals surface area contributed by atoms with Gasteiger partial charge in [-0.15, -0.1) is 10.2 Å². The standard InChI is InChI=1S/C25H29ClN6O2/c1-25(2,3)34-24(33)28-19-15-17-14-18(26)7-8-20(17)32-22(29-30-23(19)32)16-9-12-31(13-10-16)21-6-4-5-11-27-21/h4-8,11,14,16,19H,9-10,12-13,15H2,1-3H3,(H,28,33). The highest BCUT2D eigenvalue weighted by atomic mass is 35.5. The van der Waals surface area contributed by atoms with Gasteiger partial charge in [0.15, 0.2) is 5.82 Å². The molecule has 2 aromatic heterocycles. The largest absolute Gasteiger partial charge is 0.444 e. The van der Waals surface area contributed by atoms with Crippen LogP contribution in [0.2, 0.25) is 5.02 Å². The number of anilines is 1. The van der Waals surface area contributed by atoms with Gasteiger partial charge in [-0.3, -0.25) is 4.57 Å². The van der Waals surface area contributed by atoms with Crippen LogP contribution in [-0.2, 0) is 11.2 Å². The molecule has 1 N–H and O–H groups in total. The Labute approximate surface area is 204 Å². The van der Waals surface area contributed by atoms with Crippen LogP contribution in [0.5, 0.6) is 0 Å². The van der Waals surface area contributed by atoms with Crippen molar-refractivity contribution < 1.29 is 9.53 Å². The van der Waals surface area contributed by atoms with Crippen molar-refractivity contribution in [1.82, 2.24) is 25.1 Å². The number of hydrogen-bond donors (Lipinski definition) is 1. The van der Waals surface area contributed by atoms with Crippen molar-refractivity contribution in [2.45, 2.75) is 57.6 Å². The predicted octanol–water partition coefficient (Wildman–Crippen LogP) is 4.82. The molecule has 5 rings (SSSR count). The van der Waals surface area contributed by atoms with Crippen molar-refractivity contribution in [3.8, 4) is 5.69 Å². The molecule has 1 atom stereocenters. The fraction of sp³-hybridized carbons (Fsp3) is 0.440. The first-order chi connectivity index (χ1) is 16.3. The number of halogens is 1. The molecular formula is C25H29ClN6O2. The maximum Gasteiger partial charge on any atom is 0.408 e. The van der Waals surface area contributed by atoms with Gasteiger partial charge in [-0.1, -0.05) is 17.7 Å². The fourth-order valence-corrected chi connectivity index (χ4v) is 4.96. The predicted molar refractivity (Wildman–Crippen MR) is 131 cm³/mol. The lowest BCUT2D eigenvalue weighted by Crippen LogP contribution is -2.38. The topological polar surface area (TPSA) is 85.2 Å². The number of alkyl carbamates (subject to hydrolysis) is 1. The van der Waals surface area contributed by atoms with Gasteiger partial charge in [0.2, 0.25) is 0 Å². The van der Waals surface area contributed by atoms with Gasteiger partial charge < -0.3 is 15.0 Å². The number of ether oxygens (including phenoxy) is 1. The van der Waals surface area contributed by atoms with Crippen molar-refractivity contribution in [1.29, 1.82) is 0 Å². The van der Waals surface area contributed by atoms with Crippen molar-refractivity contribution >= 4 is 23.5 Å². The third kappa shape index (κ3) is 4.59. The Bertz CT molecular complexity index is 1180. The number of hydrogen-bond acceptors (Lipinski definition) is 6. The molecule has 9 heteroatoms. The van der Waals surface area contributed by atoms with E-state index in [0.717, 1.165) is 54.6 Å². The summed E-state index contributed by atoms with van der Waals surface area (Å²) in [6.07, 6.45) is 3.83. The van der Waals surface area contributed by atoms with Crippen LogP contribution in [0.4, 0.5) is 10.6 Å². The van der Waals surface area contributed by atoms with Gasteiger partial charge in [-0.05, 0) is 69.5 Å². The number of pyridine rings is 1. The SMILES string of the molecule is CC(C)(C)OC(=O)NC1Cc2cc(Cl)ccc2-n2c(C3CCN(c4ccccn4)CC3)nnc21. The number of piperidine rings is 1. The number of amides is 1.